The molecule has 0 radical (unpaired) electrons. The first-order chi connectivity index (χ1) is 12.8. The molecule has 0 aromatic heterocycles. The lowest BCUT2D eigenvalue weighted by molar-refractivity contribution is -0.384. The molecular formula is C18H27N5O4. The van der Waals surface area contributed by atoms with E-state index in [2.05, 4.69) is 5.32 Å². The van der Waals surface area contributed by atoms with Crippen LogP contribution in [0.2, 0.25) is 0 Å². The minimum absolute atomic E-state index is 0.000472. The molecule has 3 amide bonds. The molecule has 0 saturated carbocycles. The van der Waals surface area contributed by atoms with Gasteiger partial charge in [-0.1, -0.05) is 0 Å². The summed E-state index contributed by atoms with van der Waals surface area (Å²) < 4.78 is 0. The van der Waals surface area contributed by atoms with Crippen molar-refractivity contribution in [2.45, 2.75) is 20.8 Å². The fourth-order valence-electron chi connectivity index (χ4n) is 3.09. The minimum Gasteiger partial charge on any atom is -0.325 e. The molecule has 0 bridgehead atoms. The number of anilines is 1. The zero-order chi connectivity index (χ0) is 20.0. The monoisotopic (exact) mass is 377 g/mol. The number of amides is 3. The van der Waals surface area contributed by atoms with E-state index in [1.165, 1.54) is 12.1 Å². The van der Waals surface area contributed by atoms with E-state index < -0.39 is 4.92 Å². The third kappa shape index (κ3) is 5.40. The number of nitrogens with zero attached hydrogens (tertiary/aromatic N) is 4. The highest BCUT2D eigenvalue weighted by molar-refractivity contribution is 5.93. The SMILES string of the molecule is CCN(CC)C(=O)N1CCN(CC(=O)Nc2ccc([N+](=O)[O-])cc2C)CC1. The standard InChI is InChI=1S/C18H27N5O4/c1-4-21(5-2)18(25)22-10-8-20(9-11-22)13-17(24)19-16-7-6-15(23(26)27)12-14(16)3/h6-7,12H,4-5,8-11,13H2,1-3H3,(H,19,24). The Kier molecular flexibility index (Phi) is 7.12. The summed E-state index contributed by atoms with van der Waals surface area (Å²) in [6.45, 7) is 9.71. The normalized spacial score (nSPS) is 14.7. The van der Waals surface area contributed by atoms with Gasteiger partial charge in [0.25, 0.3) is 5.69 Å². The van der Waals surface area contributed by atoms with E-state index in [-0.39, 0.29) is 24.2 Å². The molecule has 0 atom stereocenters. The Morgan fingerprint density at radius 2 is 1.81 bits per heavy atom. The number of hydrogen-bond acceptors (Lipinski definition) is 5. The first-order valence-electron chi connectivity index (χ1n) is 9.16. The molecule has 1 aromatic carbocycles. The van der Waals surface area contributed by atoms with Gasteiger partial charge in [-0.3, -0.25) is 19.8 Å². The predicted molar refractivity (Wildman–Crippen MR) is 103 cm³/mol. The van der Waals surface area contributed by atoms with Gasteiger partial charge in [0.1, 0.15) is 0 Å². The van der Waals surface area contributed by atoms with E-state index in [9.17, 15) is 19.7 Å². The fourth-order valence-corrected chi connectivity index (χ4v) is 3.09. The maximum Gasteiger partial charge on any atom is 0.320 e. The van der Waals surface area contributed by atoms with Crippen LogP contribution in [-0.2, 0) is 4.79 Å². The molecule has 1 aliphatic heterocycles. The zero-order valence-electron chi connectivity index (χ0n) is 16.1. The number of carbonyl (C=O) groups excluding carboxylic acids is 2. The number of non-ortho nitro benzene ring substituents is 1. The third-order valence-electron chi connectivity index (χ3n) is 4.74. The Morgan fingerprint density at radius 3 is 2.33 bits per heavy atom. The molecule has 0 unspecified atom stereocenters. The summed E-state index contributed by atoms with van der Waals surface area (Å²) in [6.07, 6.45) is 0. The zero-order valence-corrected chi connectivity index (χ0v) is 16.1. The summed E-state index contributed by atoms with van der Waals surface area (Å²) >= 11 is 0. The van der Waals surface area contributed by atoms with Crippen molar-refractivity contribution in [2.75, 3.05) is 51.1 Å². The van der Waals surface area contributed by atoms with Crippen molar-refractivity contribution < 1.29 is 14.5 Å². The molecule has 0 aliphatic carbocycles. The highest BCUT2D eigenvalue weighted by atomic mass is 16.6. The van der Waals surface area contributed by atoms with Crippen molar-refractivity contribution in [1.82, 2.24) is 14.7 Å². The maximum absolute atomic E-state index is 12.3. The molecule has 1 fully saturated rings. The topological polar surface area (TPSA) is 99.0 Å². The van der Waals surface area contributed by atoms with E-state index in [0.29, 0.717) is 50.5 Å². The van der Waals surface area contributed by atoms with Crippen molar-refractivity contribution in [2.24, 2.45) is 0 Å². The van der Waals surface area contributed by atoms with Crippen molar-refractivity contribution in [3.63, 3.8) is 0 Å². The number of nitrogens with one attached hydrogen (secondary N) is 1. The molecule has 1 heterocycles. The summed E-state index contributed by atoms with van der Waals surface area (Å²) in [4.78, 5) is 40.6. The van der Waals surface area contributed by atoms with Gasteiger partial charge in [0.05, 0.1) is 11.5 Å². The van der Waals surface area contributed by atoms with Crippen LogP contribution in [0.25, 0.3) is 0 Å². The van der Waals surface area contributed by atoms with E-state index >= 15 is 0 Å². The number of aryl methyl sites for hydroxylation is 1. The number of nitro groups is 1. The number of benzene rings is 1. The van der Waals surface area contributed by atoms with Crippen LogP contribution in [0.1, 0.15) is 19.4 Å². The molecular weight excluding hydrogens is 350 g/mol. The maximum atomic E-state index is 12.3. The molecule has 1 saturated heterocycles. The van der Waals surface area contributed by atoms with Gasteiger partial charge < -0.3 is 15.1 Å². The Bertz CT molecular complexity index is 697. The Hall–Kier alpha value is -2.68. The molecule has 1 aromatic rings. The van der Waals surface area contributed by atoms with Crippen molar-refractivity contribution in [3.05, 3.63) is 33.9 Å². The van der Waals surface area contributed by atoms with Crippen LogP contribution in [-0.4, -0.2) is 77.4 Å². The molecule has 2 rings (SSSR count). The van der Waals surface area contributed by atoms with Crippen LogP contribution in [0.15, 0.2) is 18.2 Å². The molecule has 0 spiro atoms. The highest BCUT2D eigenvalue weighted by Gasteiger charge is 2.25. The molecule has 1 aliphatic rings. The van der Waals surface area contributed by atoms with Crippen molar-refractivity contribution >= 4 is 23.3 Å². The second-order valence-electron chi connectivity index (χ2n) is 6.52. The van der Waals surface area contributed by atoms with Crippen molar-refractivity contribution in [3.8, 4) is 0 Å². The summed E-state index contributed by atoms with van der Waals surface area (Å²) in [5.74, 6) is -0.171. The highest BCUT2D eigenvalue weighted by Crippen LogP contribution is 2.21. The van der Waals surface area contributed by atoms with Gasteiger partial charge in [0.2, 0.25) is 5.91 Å². The number of carbonyl (C=O) groups is 2. The second kappa shape index (κ2) is 9.31. The van der Waals surface area contributed by atoms with Crippen molar-refractivity contribution in [1.29, 1.82) is 0 Å². The van der Waals surface area contributed by atoms with Crippen LogP contribution in [0.3, 0.4) is 0 Å². The number of urea groups is 1. The first-order valence-corrected chi connectivity index (χ1v) is 9.16. The minimum atomic E-state index is -0.461. The number of hydrogen-bond donors (Lipinski definition) is 1. The van der Waals surface area contributed by atoms with Gasteiger partial charge in [-0.15, -0.1) is 0 Å². The van der Waals surface area contributed by atoms with Crippen LogP contribution in [0.4, 0.5) is 16.2 Å². The Morgan fingerprint density at radius 1 is 1.19 bits per heavy atom. The van der Waals surface area contributed by atoms with Crippen LogP contribution >= 0.6 is 0 Å². The summed E-state index contributed by atoms with van der Waals surface area (Å²) in [5.41, 5.74) is 1.22. The smallest absolute Gasteiger partial charge is 0.320 e. The third-order valence-corrected chi connectivity index (χ3v) is 4.74. The van der Waals surface area contributed by atoms with Gasteiger partial charge in [-0.05, 0) is 32.4 Å². The Labute approximate surface area is 159 Å². The summed E-state index contributed by atoms with van der Waals surface area (Å²) in [6, 6.07) is 4.41. The lowest BCUT2D eigenvalue weighted by Crippen LogP contribution is -2.53. The summed E-state index contributed by atoms with van der Waals surface area (Å²) in [5, 5.41) is 13.6. The van der Waals surface area contributed by atoms with Gasteiger partial charge in [-0.2, -0.15) is 0 Å². The average Bonchev–Trinajstić information content (AvgIpc) is 2.64. The van der Waals surface area contributed by atoms with Gasteiger partial charge in [0, 0.05) is 57.1 Å². The van der Waals surface area contributed by atoms with Crippen LogP contribution in [0.5, 0.6) is 0 Å². The van der Waals surface area contributed by atoms with E-state index in [1.807, 2.05) is 23.6 Å². The molecule has 9 nitrogen and oxygen atoms in total. The average molecular weight is 377 g/mol. The number of piperazine rings is 1. The van der Waals surface area contributed by atoms with Gasteiger partial charge in [0.15, 0.2) is 0 Å². The number of rotatable bonds is 6. The largest absolute Gasteiger partial charge is 0.325 e. The van der Waals surface area contributed by atoms with E-state index in [0.717, 1.165) is 0 Å². The number of nitro benzene ring substituents is 1. The second-order valence-corrected chi connectivity index (χ2v) is 6.52. The predicted octanol–water partition coefficient (Wildman–Crippen LogP) is 1.92. The quantitative estimate of drug-likeness (QED) is 0.603. The van der Waals surface area contributed by atoms with E-state index in [4.69, 9.17) is 0 Å². The summed E-state index contributed by atoms with van der Waals surface area (Å²) in [7, 11) is 0. The van der Waals surface area contributed by atoms with E-state index in [1.54, 1.807) is 17.9 Å². The Balaban J connectivity index is 1.84. The molecule has 148 valence electrons. The van der Waals surface area contributed by atoms with Gasteiger partial charge >= 0.3 is 6.03 Å². The van der Waals surface area contributed by atoms with Gasteiger partial charge in [-0.25, -0.2) is 4.79 Å². The lowest BCUT2D eigenvalue weighted by atomic mass is 10.2. The molecule has 27 heavy (non-hydrogen) atoms. The van der Waals surface area contributed by atoms with Crippen LogP contribution < -0.4 is 5.32 Å². The van der Waals surface area contributed by atoms with Crippen LogP contribution in [0, 0.1) is 17.0 Å². The lowest BCUT2D eigenvalue weighted by Gasteiger charge is -2.36. The molecule has 1 N–H and O–H groups in total. The fraction of sp³-hybridized carbons (Fsp3) is 0.556. The molecule has 9 heteroatoms. The first kappa shape index (κ1) is 20.6.